The van der Waals surface area contributed by atoms with Gasteiger partial charge in [-0.15, -0.1) is 0 Å². The van der Waals surface area contributed by atoms with Crippen LogP contribution in [0.2, 0.25) is 0 Å². The number of halogens is 3. The van der Waals surface area contributed by atoms with Crippen LogP contribution in [0.15, 0.2) is 43.7 Å². The van der Waals surface area contributed by atoms with Crippen molar-refractivity contribution in [3.63, 3.8) is 0 Å². The minimum absolute atomic E-state index is 0.708. The van der Waals surface area contributed by atoms with E-state index >= 15 is 0 Å². The Labute approximate surface area is 149 Å². The molecule has 2 rings (SSSR count). The quantitative estimate of drug-likeness (QED) is 0.605. The van der Waals surface area contributed by atoms with E-state index in [9.17, 15) is 0 Å². The van der Waals surface area contributed by atoms with Gasteiger partial charge >= 0.3 is 0 Å². The highest BCUT2D eigenvalue weighted by atomic mass is 79.9. The lowest BCUT2D eigenvalue weighted by atomic mass is 10.2. The van der Waals surface area contributed by atoms with Gasteiger partial charge in [0, 0.05) is 12.2 Å². The normalized spacial score (nSPS) is 10.3. The van der Waals surface area contributed by atoms with E-state index in [2.05, 4.69) is 53.1 Å². The number of nitrogens with one attached hydrogen (secondary N) is 1. The fraction of sp³-hybridized carbons (Fsp3) is 0.200. The van der Waals surface area contributed by atoms with Crippen LogP contribution in [0, 0.1) is 0 Å². The molecule has 0 unspecified atom stereocenters. The van der Waals surface area contributed by atoms with E-state index in [0.717, 1.165) is 36.2 Å². The summed E-state index contributed by atoms with van der Waals surface area (Å²) in [5, 5.41) is 3.38. The topological polar surface area (TPSA) is 30.5 Å². The van der Waals surface area contributed by atoms with E-state index < -0.39 is 0 Å². The number of anilines is 1. The lowest BCUT2D eigenvalue weighted by molar-refractivity contribution is 0.409. The summed E-state index contributed by atoms with van der Waals surface area (Å²) >= 11 is 10.5. The first-order chi connectivity index (χ1) is 10.0. The molecule has 21 heavy (non-hydrogen) atoms. The van der Waals surface area contributed by atoms with Crippen LogP contribution in [0.25, 0.3) is 0 Å². The van der Waals surface area contributed by atoms with Crippen LogP contribution >= 0.6 is 47.8 Å². The molecule has 0 aliphatic carbocycles. The Kier molecular flexibility index (Phi) is 5.96. The Hall–Kier alpha value is -0.720. The molecule has 1 N–H and O–H groups in total. The molecule has 0 saturated heterocycles. The SMILES string of the molecule is COc1ccc(NCc2cc(Br)c(OC)c(Br)c2)cc1Br. The Balaban J connectivity index is 2.11. The summed E-state index contributed by atoms with van der Waals surface area (Å²) in [5.41, 5.74) is 2.16. The summed E-state index contributed by atoms with van der Waals surface area (Å²) in [6.07, 6.45) is 0. The largest absolute Gasteiger partial charge is 0.496 e. The van der Waals surface area contributed by atoms with Gasteiger partial charge in [0.2, 0.25) is 0 Å². The molecule has 112 valence electrons. The maximum Gasteiger partial charge on any atom is 0.147 e. The molecule has 0 fully saturated rings. The Bertz CT molecular complexity index is 624. The summed E-state index contributed by atoms with van der Waals surface area (Å²) in [6, 6.07) is 9.97. The molecule has 0 aliphatic heterocycles. The molecule has 2 aromatic carbocycles. The van der Waals surface area contributed by atoms with Gasteiger partial charge in [0.15, 0.2) is 0 Å². The van der Waals surface area contributed by atoms with Crippen molar-refractivity contribution >= 4 is 53.5 Å². The van der Waals surface area contributed by atoms with Crippen molar-refractivity contribution < 1.29 is 9.47 Å². The van der Waals surface area contributed by atoms with Gasteiger partial charge in [-0.1, -0.05) is 0 Å². The van der Waals surface area contributed by atoms with Gasteiger partial charge in [-0.25, -0.2) is 0 Å². The minimum Gasteiger partial charge on any atom is -0.496 e. The molecule has 0 radical (unpaired) electrons. The lowest BCUT2D eigenvalue weighted by Gasteiger charge is -2.12. The van der Waals surface area contributed by atoms with Crippen molar-refractivity contribution in [1.82, 2.24) is 0 Å². The third kappa shape index (κ3) is 4.14. The number of hydrogen-bond donors (Lipinski definition) is 1. The second-order valence-corrected chi connectivity index (χ2v) is 6.86. The molecule has 0 aromatic heterocycles. The maximum absolute atomic E-state index is 5.30. The number of methoxy groups -OCH3 is 2. The summed E-state index contributed by atoms with van der Waals surface area (Å²) in [5.74, 6) is 1.61. The Morgan fingerprint density at radius 1 is 0.905 bits per heavy atom. The molecule has 6 heteroatoms. The fourth-order valence-corrected chi connectivity index (χ4v) is 4.04. The zero-order valence-electron chi connectivity index (χ0n) is 11.5. The van der Waals surface area contributed by atoms with Crippen LogP contribution < -0.4 is 14.8 Å². The van der Waals surface area contributed by atoms with Crippen molar-refractivity contribution in [2.24, 2.45) is 0 Å². The first-order valence-electron chi connectivity index (χ1n) is 6.14. The van der Waals surface area contributed by atoms with Crippen molar-refractivity contribution in [1.29, 1.82) is 0 Å². The van der Waals surface area contributed by atoms with E-state index in [1.165, 1.54) is 0 Å². The van der Waals surface area contributed by atoms with Gasteiger partial charge in [0.1, 0.15) is 11.5 Å². The van der Waals surface area contributed by atoms with Crippen molar-refractivity contribution in [3.8, 4) is 11.5 Å². The standard InChI is InChI=1S/C15H14Br3NO2/c1-20-14-4-3-10(7-11(14)16)19-8-9-5-12(17)15(21-2)13(18)6-9/h3-7,19H,8H2,1-2H3. The first-order valence-corrected chi connectivity index (χ1v) is 8.52. The van der Waals surface area contributed by atoms with Crippen LogP contribution in [0.5, 0.6) is 11.5 Å². The second-order valence-electron chi connectivity index (χ2n) is 4.30. The van der Waals surface area contributed by atoms with Crippen LogP contribution in [-0.2, 0) is 6.54 Å². The highest BCUT2D eigenvalue weighted by Gasteiger charge is 2.08. The highest BCUT2D eigenvalue weighted by Crippen LogP contribution is 2.34. The van der Waals surface area contributed by atoms with Gasteiger partial charge in [0.25, 0.3) is 0 Å². The average Bonchev–Trinajstić information content (AvgIpc) is 2.45. The summed E-state index contributed by atoms with van der Waals surface area (Å²) in [7, 11) is 3.30. The summed E-state index contributed by atoms with van der Waals surface area (Å²) in [4.78, 5) is 0. The predicted molar refractivity (Wildman–Crippen MR) is 96.4 cm³/mol. The van der Waals surface area contributed by atoms with Crippen molar-refractivity contribution in [3.05, 3.63) is 49.3 Å². The molecule has 3 nitrogen and oxygen atoms in total. The zero-order chi connectivity index (χ0) is 15.4. The Morgan fingerprint density at radius 3 is 2.10 bits per heavy atom. The van der Waals surface area contributed by atoms with Crippen LogP contribution in [-0.4, -0.2) is 14.2 Å². The number of ether oxygens (including phenoxy) is 2. The lowest BCUT2D eigenvalue weighted by Crippen LogP contribution is -2.00. The van der Waals surface area contributed by atoms with Gasteiger partial charge in [0.05, 0.1) is 27.6 Å². The van der Waals surface area contributed by atoms with E-state index in [1.54, 1.807) is 14.2 Å². The van der Waals surface area contributed by atoms with Gasteiger partial charge in [-0.2, -0.15) is 0 Å². The zero-order valence-corrected chi connectivity index (χ0v) is 16.3. The summed E-state index contributed by atoms with van der Waals surface area (Å²) < 4.78 is 13.3. The summed E-state index contributed by atoms with van der Waals surface area (Å²) in [6.45, 7) is 0.708. The molecule has 0 saturated carbocycles. The molecular weight excluding hydrogens is 466 g/mol. The van der Waals surface area contributed by atoms with Crippen LogP contribution in [0.1, 0.15) is 5.56 Å². The maximum atomic E-state index is 5.30. The Morgan fingerprint density at radius 2 is 1.57 bits per heavy atom. The van der Waals surface area contributed by atoms with Crippen molar-refractivity contribution in [2.75, 3.05) is 19.5 Å². The second kappa shape index (κ2) is 7.51. The van der Waals surface area contributed by atoms with Gasteiger partial charge < -0.3 is 14.8 Å². The fourth-order valence-electron chi connectivity index (χ4n) is 1.89. The molecule has 0 heterocycles. The van der Waals surface area contributed by atoms with Crippen LogP contribution in [0.4, 0.5) is 5.69 Å². The molecule has 0 bridgehead atoms. The van der Waals surface area contributed by atoms with Crippen LogP contribution in [0.3, 0.4) is 0 Å². The van der Waals surface area contributed by atoms with E-state index in [-0.39, 0.29) is 0 Å². The number of benzene rings is 2. The third-order valence-corrected chi connectivity index (χ3v) is 4.71. The number of rotatable bonds is 5. The van der Waals surface area contributed by atoms with E-state index in [4.69, 9.17) is 9.47 Å². The highest BCUT2D eigenvalue weighted by molar-refractivity contribution is 9.11. The number of hydrogen-bond acceptors (Lipinski definition) is 3. The minimum atomic E-state index is 0.708. The smallest absolute Gasteiger partial charge is 0.147 e. The predicted octanol–water partition coefficient (Wildman–Crippen LogP) is 5.60. The molecule has 0 aliphatic rings. The van der Waals surface area contributed by atoms with E-state index in [0.29, 0.717) is 6.54 Å². The van der Waals surface area contributed by atoms with E-state index in [1.807, 2.05) is 30.3 Å². The monoisotopic (exact) mass is 477 g/mol. The van der Waals surface area contributed by atoms with Crippen molar-refractivity contribution in [2.45, 2.75) is 6.54 Å². The van der Waals surface area contributed by atoms with Gasteiger partial charge in [-0.05, 0) is 83.7 Å². The molecule has 2 aromatic rings. The molecule has 0 amide bonds. The molecular formula is C15H14Br3NO2. The first kappa shape index (κ1) is 16.6. The molecule has 0 spiro atoms. The average molecular weight is 480 g/mol. The molecule has 0 atom stereocenters. The third-order valence-electron chi connectivity index (χ3n) is 2.91. The van der Waals surface area contributed by atoms with Gasteiger partial charge in [-0.3, -0.25) is 0 Å².